The molecule has 1 aliphatic carbocycles. The average Bonchev–Trinajstić information content (AvgIpc) is 2.30. The third-order valence-electron chi connectivity index (χ3n) is 4.19. The summed E-state index contributed by atoms with van der Waals surface area (Å²) in [4.78, 5) is 2.61. The minimum Gasteiger partial charge on any atom is -0.314 e. The molecule has 102 valence electrons. The summed E-state index contributed by atoms with van der Waals surface area (Å²) in [5.74, 6) is 0.858. The van der Waals surface area contributed by atoms with Gasteiger partial charge in [-0.3, -0.25) is 0 Å². The predicted molar refractivity (Wildman–Crippen MR) is 76.4 cm³/mol. The smallest absolute Gasteiger partial charge is 0.00934 e. The second-order valence-corrected chi connectivity index (χ2v) is 5.90. The van der Waals surface area contributed by atoms with Crippen LogP contribution in [0.2, 0.25) is 0 Å². The molecule has 1 rings (SSSR count). The highest BCUT2D eigenvalue weighted by atomic mass is 15.1. The molecule has 2 heteroatoms. The molecular formula is C15H32N2. The zero-order valence-electron chi connectivity index (χ0n) is 12.3. The van der Waals surface area contributed by atoms with E-state index in [1.165, 1.54) is 45.1 Å². The third-order valence-corrected chi connectivity index (χ3v) is 4.19. The summed E-state index contributed by atoms with van der Waals surface area (Å²) < 4.78 is 0. The monoisotopic (exact) mass is 240 g/mol. The number of hydrogen-bond acceptors (Lipinski definition) is 2. The van der Waals surface area contributed by atoms with Crippen LogP contribution in [-0.2, 0) is 0 Å². The van der Waals surface area contributed by atoms with Gasteiger partial charge >= 0.3 is 0 Å². The number of nitrogens with one attached hydrogen (secondary N) is 1. The largest absolute Gasteiger partial charge is 0.314 e. The second-order valence-electron chi connectivity index (χ2n) is 5.90. The van der Waals surface area contributed by atoms with E-state index in [4.69, 9.17) is 0 Å². The summed E-state index contributed by atoms with van der Waals surface area (Å²) >= 11 is 0. The minimum atomic E-state index is 0.790. The zero-order chi connectivity index (χ0) is 12.7. The fourth-order valence-electron chi connectivity index (χ4n) is 3.23. The first-order valence-corrected chi connectivity index (χ1v) is 7.60. The van der Waals surface area contributed by atoms with E-state index in [0.717, 1.165) is 24.5 Å². The van der Waals surface area contributed by atoms with Gasteiger partial charge in [0.05, 0.1) is 0 Å². The molecule has 2 nitrogen and oxygen atoms in total. The number of hydrogen-bond donors (Lipinski definition) is 1. The zero-order valence-corrected chi connectivity index (χ0v) is 12.3. The van der Waals surface area contributed by atoms with E-state index in [-0.39, 0.29) is 0 Å². The van der Waals surface area contributed by atoms with Crippen molar-refractivity contribution < 1.29 is 0 Å². The molecule has 0 aliphatic heterocycles. The topological polar surface area (TPSA) is 15.3 Å². The lowest BCUT2D eigenvalue weighted by atomic mass is 9.89. The molecule has 0 amide bonds. The molecule has 0 saturated heterocycles. The molecule has 1 saturated carbocycles. The highest BCUT2D eigenvalue weighted by Gasteiger charge is 2.23. The molecule has 17 heavy (non-hydrogen) atoms. The van der Waals surface area contributed by atoms with Crippen LogP contribution in [0.15, 0.2) is 0 Å². The fourth-order valence-corrected chi connectivity index (χ4v) is 3.23. The van der Waals surface area contributed by atoms with Crippen molar-refractivity contribution in [2.24, 2.45) is 5.92 Å². The maximum Gasteiger partial charge on any atom is 0.00934 e. The Hall–Kier alpha value is -0.0800. The highest BCUT2D eigenvalue weighted by Crippen LogP contribution is 2.23. The summed E-state index contributed by atoms with van der Waals surface area (Å²) in [6.07, 6.45) is 8.19. The molecule has 0 aromatic carbocycles. The predicted octanol–water partition coefficient (Wildman–Crippen LogP) is 3.28. The van der Waals surface area contributed by atoms with Gasteiger partial charge in [0.25, 0.3) is 0 Å². The van der Waals surface area contributed by atoms with Gasteiger partial charge in [-0.25, -0.2) is 0 Å². The van der Waals surface area contributed by atoms with E-state index in [9.17, 15) is 0 Å². The van der Waals surface area contributed by atoms with Crippen LogP contribution in [0.25, 0.3) is 0 Å². The lowest BCUT2D eigenvalue weighted by Crippen LogP contribution is -2.42. The quantitative estimate of drug-likeness (QED) is 0.735. The van der Waals surface area contributed by atoms with Crippen molar-refractivity contribution in [3.05, 3.63) is 0 Å². The first-order chi connectivity index (χ1) is 8.17. The van der Waals surface area contributed by atoms with Crippen LogP contribution >= 0.6 is 0 Å². The molecule has 1 aliphatic rings. The van der Waals surface area contributed by atoms with Gasteiger partial charge in [0.15, 0.2) is 0 Å². The van der Waals surface area contributed by atoms with Crippen LogP contribution in [-0.4, -0.2) is 37.1 Å². The van der Waals surface area contributed by atoms with Gasteiger partial charge in [-0.05, 0) is 51.6 Å². The SMILES string of the molecule is CCCC(C)CN(C)C1CCC(NCC)CC1. The van der Waals surface area contributed by atoms with E-state index >= 15 is 0 Å². The third kappa shape index (κ3) is 5.39. The van der Waals surface area contributed by atoms with E-state index in [1.54, 1.807) is 0 Å². The Kier molecular flexibility index (Phi) is 7.14. The van der Waals surface area contributed by atoms with Crippen LogP contribution in [0.3, 0.4) is 0 Å². The van der Waals surface area contributed by atoms with Crippen molar-refractivity contribution in [2.75, 3.05) is 20.1 Å². The molecule has 0 bridgehead atoms. The van der Waals surface area contributed by atoms with Crippen molar-refractivity contribution >= 4 is 0 Å². The Balaban J connectivity index is 2.23. The average molecular weight is 240 g/mol. The normalized spacial score (nSPS) is 27.4. The van der Waals surface area contributed by atoms with Gasteiger partial charge in [0, 0.05) is 18.6 Å². The first-order valence-electron chi connectivity index (χ1n) is 7.60. The number of rotatable bonds is 7. The van der Waals surface area contributed by atoms with E-state index in [2.05, 4.69) is 38.0 Å². The van der Waals surface area contributed by atoms with Crippen LogP contribution < -0.4 is 5.32 Å². The van der Waals surface area contributed by atoms with E-state index in [1.807, 2.05) is 0 Å². The van der Waals surface area contributed by atoms with Crippen molar-refractivity contribution in [1.29, 1.82) is 0 Å². The van der Waals surface area contributed by atoms with Crippen LogP contribution in [0.1, 0.15) is 59.3 Å². The van der Waals surface area contributed by atoms with Gasteiger partial charge in [-0.2, -0.15) is 0 Å². The Bertz CT molecular complexity index is 185. The van der Waals surface area contributed by atoms with Crippen LogP contribution in [0.5, 0.6) is 0 Å². The van der Waals surface area contributed by atoms with Gasteiger partial charge in [-0.15, -0.1) is 0 Å². The van der Waals surface area contributed by atoms with Crippen molar-refractivity contribution in [3.63, 3.8) is 0 Å². The summed E-state index contributed by atoms with van der Waals surface area (Å²) in [5, 5.41) is 3.59. The van der Waals surface area contributed by atoms with Crippen molar-refractivity contribution in [1.82, 2.24) is 10.2 Å². The van der Waals surface area contributed by atoms with Crippen LogP contribution in [0.4, 0.5) is 0 Å². The molecule has 0 aromatic rings. The molecule has 0 radical (unpaired) electrons. The molecular weight excluding hydrogens is 208 g/mol. The van der Waals surface area contributed by atoms with Crippen LogP contribution in [0, 0.1) is 5.92 Å². The molecule has 1 N–H and O–H groups in total. The maximum absolute atomic E-state index is 3.59. The highest BCUT2D eigenvalue weighted by molar-refractivity contribution is 4.81. The Morgan fingerprint density at radius 3 is 2.35 bits per heavy atom. The van der Waals surface area contributed by atoms with Crippen molar-refractivity contribution in [2.45, 2.75) is 71.4 Å². The lowest BCUT2D eigenvalue weighted by Gasteiger charge is -2.36. The van der Waals surface area contributed by atoms with E-state index in [0.29, 0.717) is 0 Å². The first kappa shape index (κ1) is 15.0. The van der Waals surface area contributed by atoms with Gasteiger partial charge < -0.3 is 10.2 Å². The molecule has 1 atom stereocenters. The molecule has 1 fully saturated rings. The molecule has 0 aromatic heterocycles. The fraction of sp³-hybridized carbons (Fsp3) is 1.00. The molecule has 1 unspecified atom stereocenters. The molecule has 0 heterocycles. The number of nitrogens with zero attached hydrogens (tertiary/aromatic N) is 1. The second kappa shape index (κ2) is 8.10. The van der Waals surface area contributed by atoms with Gasteiger partial charge in [-0.1, -0.05) is 27.2 Å². The summed E-state index contributed by atoms with van der Waals surface area (Å²) in [5.41, 5.74) is 0. The summed E-state index contributed by atoms with van der Waals surface area (Å²) in [7, 11) is 2.32. The van der Waals surface area contributed by atoms with Crippen molar-refractivity contribution in [3.8, 4) is 0 Å². The van der Waals surface area contributed by atoms with Gasteiger partial charge in [0.2, 0.25) is 0 Å². The molecule has 0 spiro atoms. The minimum absolute atomic E-state index is 0.790. The van der Waals surface area contributed by atoms with Gasteiger partial charge in [0.1, 0.15) is 0 Å². The lowest BCUT2D eigenvalue weighted by molar-refractivity contribution is 0.154. The Labute approximate surface area is 108 Å². The Morgan fingerprint density at radius 2 is 1.82 bits per heavy atom. The maximum atomic E-state index is 3.59. The summed E-state index contributed by atoms with van der Waals surface area (Å²) in [6, 6.07) is 1.63. The standard InChI is InChI=1S/C15H32N2/c1-5-7-13(3)12-17(4)15-10-8-14(9-11-15)16-6-2/h13-16H,5-12H2,1-4H3. The van der Waals surface area contributed by atoms with E-state index < -0.39 is 0 Å². The Morgan fingerprint density at radius 1 is 1.18 bits per heavy atom. The summed E-state index contributed by atoms with van der Waals surface area (Å²) in [6.45, 7) is 9.30.